The lowest BCUT2D eigenvalue weighted by Crippen LogP contribution is -2.11. The van der Waals surface area contributed by atoms with E-state index in [1.807, 2.05) is 29.6 Å². The normalized spacial score (nSPS) is 10.2. The molecule has 4 heteroatoms. The third kappa shape index (κ3) is 2.65. The van der Waals surface area contributed by atoms with Gasteiger partial charge in [-0.2, -0.15) is 0 Å². The van der Waals surface area contributed by atoms with Crippen LogP contribution in [0.1, 0.15) is 22.2 Å². The predicted molar refractivity (Wildman–Crippen MR) is 72.5 cm³/mol. The topological polar surface area (TPSA) is 55.1 Å². The highest BCUT2D eigenvalue weighted by Gasteiger charge is 2.11. The Balaban J connectivity index is 2.16. The van der Waals surface area contributed by atoms with Crippen LogP contribution in [0.4, 0.5) is 11.4 Å². The summed E-state index contributed by atoms with van der Waals surface area (Å²) in [5, 5.41) is 4.66. The molecule has 0 saturated heterocycles. The molecule has 3 nitrogen and oxygen atoms in total. The van der Waals surface area contributed by atoms with Gasteiger partial charge in [-0.3, -0.25) is 4.79 Å². The molecular weight excluding hydrogens is 232 g/mol. The summed E-state index contributed by atoms with van der Waals surface area (Å²) in [7, 11) is 0. The maximum absolute atomic E-state index is 11.9. The summed E-state index contributed by atoms with van der Waals surface area (Å²) in [5.74, 6) is -0.147. The first-order valence-electron chi connectivity index (χ1n) is 5.44. The standard InChI is InChI=1S/C13H14N2OS/c1-2-9-4-3-5-10(8-9)15-13(16)12-11(14)6-7-17-12/h3-8H,2,14H2,1H3,(H,15,16). The fourth-order valence-electron chi connectivity index (χ4n) is 1.56. The Kier molecular flexibility index (Phi) is 3.44. The van der Waals surface area contributed by atoms with E-state index in [0.717, 1.165) is 12.1 Å². The zero-order valence-corrected chi connectivity index (χ0v) is 10.4. The summed E-state index contributed by atoms with van der Waals surface area (Å²) in [5.41, 5.74) is 8.23. The molecular formula is C13H14N2OS. The lowest BCUT2D eigenvalue weighted by molar-refractivity contribution is 0.103. The minimum atomic E-state index is -0.147. The van der Waals surface area contributed by atoms with Crippen LogP contribution in [0.15, 0.2) is 35.7 Å². The van der Waals surface area contributed by atoms with Crippen molar-refractivity contribution in [2.24, 2.45) is 0 Å². The molecule has 0 unspecified atom stereocenters. The van der Waals surface area contributed by atoms with Gasteiger partial charge in [-0.25, -0.2) is 0 Å². The molecule has 17 heavy (non-hydrogen) atoms. The number of carbonyl (C=O) groups excluding carboxylic acids is 1. The number of nitrogens with one attached hydrogen (secondary N) is 1. The Labute approximate surface area is 104 Å². The summed E-state index contributed by atoms with van der Waals surface area (Å²) in [6.07, 6.45) is 0.949. The molecule has 0 fully saturated rings. The number of aryl methyl sites for hydroxylation is 1. The molecule has 1 aromatic carbocycles. The van der Waals surface area contributed by atoms with Crippen LogP contribution in [0.3, 0.4) is 0 Å². The molecule has 0 aliphatic rings. The SMILES string of the molecule is CCc1cccc(NC(=O)c2sccc2N)c1. The molecule has 0 bridgehead atoms. The first kappa shape index (κ1) is 11.7. The Hall–Kier alpha value is -1.81. The van der Waals surface area contributed by atoms with E-state index in [-0.39, 0.29) is 5.91 Å². The lowest BCUT2D eigenvalue weighted by atomic mass is 10.1. The highest BCUT2D eigenvalue weighted by Crippen LogP contribution is 2.20. The van der Waals surface area contributed by atoms with Gasteiger partial charge in [0.1, 0.15) is 4.88 Å². The molecule has 2 aromatic rings. The van der Waals surface area contributed by atoms with Crippen molar-refractivity contribution in [3.05, 3.63) is 46.2 Å². The maximum atomic E-state index is 11.9. The molecule has 0 aliphatic carbocycles. The molecule has 1 aromatic heterocycles. The minimum Gasteiger partial charge on any atom is -0.397 e. The third-order valence-corrected chi connectivity index (χ3v) is 3.42. The van der Waals surface area contributed by atoms with E-state index in [2.05, 4.69) is 12.2 Å². The number of nitrogen functional groups attached to an aromatic ring is 1. The van der Waals surface area contributed by atoms with Crippen molar-refractivity contribution in [1.82, 2.24) is 0 Å². The fraction of sp³-hybridized carbons (Fsp3) is 0.154. The van der Waals surface area contributed by atoms with E-state index in [4.69, 9.17) is 5.73 Å². The molecule has 0 saturated carbocycles. The van der Waals surface area contributed by atoms with Gasteiger partial charge >= 0.3 is 0 Å². The number of benzene rings is 1. The average molecular weight is 246 g/mol. The van der Waals surface area contributed by atoms with Crippen molar-refractivity contribution < 1.29 is 4.79 Å². The largest absolute Gasteiger partial charge is 0.397 e. The van der Waals surface area contributed by atoms with E-state index >= 15 is 0 Å². The molecule has 0 aliphatic heterocycles. The number of nitrogens with two attached hydrogens (primary N) is 1. The lowest BCUT2D eigenvalue weighted by Gasteiger charge is -2.05. The minimum absolute atomic E-state index is 0.147. The van der Waals surface area contributed by atoms with Gasteiger partial charge in [-0.1, -0.05) is 19.1 Å². The van der Waals surface area contributed by atoms with Gasteiger partial charge in [0.15, 0.2) is 0 Å². The second-order valence-electron chi connectivity index (χ2n) is 3.71. The Morgan fingerprint density at radius 3 is 2.88 bits per heavy atom. The molecule has 0 spiro atoms. The Bertz CT molecular complexity index is 534. The van der Waals surface area contributed by atoms with E-state index in [1.165, 1.54) is 16.9 Å². The monoisotopic (exact) mass is 246 g/mol. The van der Waals surface area contributed by atoms with Gasteiger partial charge in [0.25, 0.3) is 5.91 Å². The van der Waals surface area contributed by atoms with Crippen LogP contribution in [0, 0.1) is 0 Å². The van der Waals surface area contributed by atoms with Crippen molar-refractivity contribution in [1.29, 1.82) is 0 Å². The molecule has 0 atom stereocenters. The zero-order chi connectivity index (χ0) is 12.3. The van der Waals surface area contributed by atoms with Crippen LogP contribution in [-0.2, 0) is 6.42 Å². The number of anilines is 2. The highest BCUT2D eigenvalue weighted by molar-refractivity contribution is 7.12. The van der Waals surface area contributed by atoms with Crippen molar-refractivity contribution in [3.8, 4) is 0 Å². The quantitative estimate of drug-likeness (QED) is 0.874. The van der Waals surface area contributed by atoms with Gasteiger partial charge in [0.2, 0.25) is 0 Å². The smallest absolute Gasteiger partial charge is 0.267 e. The Morgan fingerprint density at radius 2 is 2.24 bits per heavy atom. The van der Waals surface area contributed by atoms with E-state index < -0.39 is 0 Å². The number of hydrogen-bond acceptors (Lipinski definition) is 3. The van der Waals surface area contributed by atoms with Crippen molar-refractivity contribution in [2.45, 2.75) is 13.3 Å². The van der Waals surface area contributed by atoms with Crippen LogP contribution in [0.25, 0.3) is 0 Å². The first-order chi connectivity index (χ1) is 8.20. The third-order valence-electron chi connectivity index (χ3n) is 2.50. The summed E-state index contributed by atoms with van der Waals surface area (Å²) in [4.78, 5) is 12.5. The predicted octanol–water partition coefficient (Wildman–Crippen LogP) is 3.15. The van der Waals surface area contributed by atoms with Crippen LogP contribution >= 0.6 is 11.3 Å². The van der Waals surface area contributed by atoms with Crippen LogP contribution in [0.5, 0.6) is 0 Å². The highest BCUT2D eigenvalue weighted by atomic mass is 32.1. The maximum Gasteiger partial charge on any atom is 0.267 e. The van der Waals surface area contributed by atoms with Gasteiger partial charge in [0.05, 0.1) is 5.69 Å². The zero-order valence-electron chi connectivity index (χ0n) is 9.57. The molecule has 0 radical (unpaired) electrons. The van der Waals surface area contributed by atoms with Gasteiger partial charge in [0, 0.05) is 5.69 Å². The Morgan fingerprint density at radius 1 is 1.41 bits per heavy atom. The van der Waals surface area contributed by atoms with E-state index in [9.17, 15) is 4.79 Å². The second-order valence-corrected chi connectivity index (χ2v) is 4.63. The summed E-state index contributed by atoms with van der Waals surface area (Å²) in [6.45, 7) is 2.08. The number of carbonyl (C=O) groups is 1. The summed E-state index contributed by atoms with van der Waals surface area (Å²) < 4.78 is 0. The van der Waals surface area contributed by atoms with Gasteiger partial charge in [-0.15, -0.1) is 11.3 Å². The molecule has 1 heterocycles. The average Bonchev–Trinajstić information content (AvgIpc) is 2.76. The van der Waals surface area contributed by atoms with Crippen molar-refractivity contribution in [3.63, 3.8) is 0 Å². The molecule has 3 N–H and O–H groups in total. The van der Waals surface area contributed by atoms with Gasteiger partial charge in [-0.05, 0) is 35.6 Å². The van der Waals surface area contributed by atoms with Crippen LogP contribution < -0.4 is 11.1 Å². The number of rotatable bonds is 3. The summed E-state index contributed by atoms with van der Waals surface area (Å²) in [6, 6.07) is 9.56. The van der Waals surface area contributed by atoms with Crippen molar-refractivity contribution in [2.75, 3.05) is 11.1 Å². The van der Waals surface area contributed by atoms with Gasteiger partial charge < -0.3 is 11.1 Å². The molecule has 1 amide bonds. The number of amides is 1. The summed E-state index contributed by atoms with van der Waals surface area (Å²) >= 11 is 1.35. The number of thiophene rings is 1. The molecule has 2 rings (SSSR count). The van der Waals surface area contributed by atoms with E-state index in [1.54, 1.807) is 6.07 Å². The van der Waals surface area contributed by atoms with Crippen LogP contribution in [-0.4, -0.2) is 5.91 Å². The van der Waals surface area contributed by atoms with Crippen LogP contribution in [0.2, 0.25) is 0 Å². The van der Waals surface area contributed by atoms with Crippen molar-refractivity contribution >= 4 is 28.6 Å². The molecule has 88 valence electrons. The number of hydrogen-bond donors (Lipinski definition) is 2. The van der Waals surface area contributed by atoms with E-state index in [0.29, 0.717) is 10.6 Å². The fourth-order valence-corrected chi connectivity index (χ4v) is 2.27. The first-order valence-corrected chi connectivity index (χ1v) is 6.32. The second kappa shape index (κ2) is 5.01.